The zero-order chi connectivity index (χ0) is 23.1. The molecule has 3 nitrogen and oxygen atoms in total. The molecule has 1 unspecified atom stereocenters. The van der Waals surface area contributed by atoms with Gasteiger partial charge in [0.05, 0.1) is 17.1 Å². The zero-order valence-electron chi connectivity index (χ0n) is 20.1. The number of aliphatic hydroxyl groups is 1. The topological polar surface area (TPSA) is 46.5 Å². The highest BCUT2D eigenvalue weighted by atomic mass is 32.1. The van der Waals surface area contributed by atoms with Crippen molar-refractivity contribution < 1.29 is 14.6 Å². The number of unbranched alkanes of at least 4 members (excludes halogenated alkanes) is 9. The summed E-state index contributed by atoms with van der Waals surface area (Å²) in [6.45, 7) is 4.56. The Morgan fingerprint density at radius 2 is 1.53 bits per heavy atom. The van der Waals surface area contributed by atoms with E-state index in [1.807, 2.05) is 6.92 Å². The van der Waals surface area contributed by atoms with Crippen molar-refractivity contribution >= 4 is 28.6 Å². The van der Waals surface area contributed by atoms with Crippen molar-refractivity contribution in [3.63, 3.8) is 0 Å². The van der Waals surface area contributed by atoms with Crippen LogP contribution in [0.1, 0.15) is 109 Å². The first-order valence-corrected chi connectivity index (χ1v) is 14.4. The summed E-state index contributed by atoms with van der Waals surface area (Å²) >= 11 is 3.50. The fourth-order valence-electron chi connectivity index (χ4n) is 4.32. The quantitative estimate of drug-likeness (QED) is 0.172. The molecule has 180 valence electrons. The number of rotatable bonds is 18. The highest BCUT2D eigenvalue weighted by Crippen LogP contribution is 2.43. The molecule has 0 aliphatic rings. The van der Waals surface area contributed by atoms with Gasteiger partial charge in [-0.25, -0.2) is 0 Å². The lowest BCUT2D eigenvalue weighted by atomic mass is 9.83. The van der Waals surface area contributed by atoms with Gasteiger partial charge in [-0.2, -0.15) is 0 Å². The van der Waals surface area contributed by atoms with Crippen LogP contribution >= 0.6 is 22.7 Å². The molecule has 0 amide bonds. The van der Waals surface area contributed by atoms with Gasteiger partial charge in [0, 0.05) is 16.9 Å². The minimum absolute atomic E-state index is 0.0839. The number of carbonyl (C=O) groups excluding carboxylic acids is 1. The number of thiophene rings is 2. The molecule has 0 aromatic carbocycles. The molecule has 0 saturated carbocycles. The van der Waals surface area contributed by atoms with Crippen LogP contribution < -0.4 is 0 Å². The maximum Gasteiger partial charge on any atom is 0.305 e. The number of esters is 1. The van der Waals surface area contributed by atoms with E-state index in [0.717, 1.165) is 56.9 Å². The Bertz CT molecular complexity index is 738. The smallest absolute Gasteiger partial charge is 0.305 e. The average Bonchev–Trinajstić information content (AvgIpc) is 3.48. The Morgan fingerprint density at radius 1 is 0.875 bits per heavy atom. The molecule has 2 aromatic rings. The summed E-state index contributed by atoms with van der Waals surface area (Å²) < 4.78 is 5.00. The summed E-state index contributed by atoms with van der Waals surface area (Å²) in [5, 5.41) is 16.1. The second-order valence-corrected chi connectivity index (χ2v) is 10.6. The van der Waals surface area contributed by atoms with Crippen molar-refractivity contribution in [2.24, 2.45) is 0 Å². The molecule has 1 atom stereocenters. The van der Waals surface area contributed by atoms with Gasteiger partial charge >= 0.3 is 5.97 Å². The van der Waals surface area contributed by atoms with Gasteiger partial charge in [-0.05, 0) is 49.1 Å². The van der Waals surface area contributed by atoms with Crippen molar-refractivity contribution in [1.82, 2.24) is 0 Å². The average molecular weight is 479 g/mol. The van der Waals surface area contributed by atoms with E-state index in [0.29, 0.717) is 13.0 Å². The predicted octanol–water partition coefficient (Wildman–Crippen LogP) is 8.71. The lowest BCUT2D eigenvalue weighted by Gasteiger charge is -2.29. The van der Waals surface area contributed by atoms with Gasteiger partial charge in [0.15, 0.2) is 0 Å². The normalized spacial score (nSPS) is 13.2. The Balaban J connectivity index is 1.88. The molecule has 1 N–H and O–H groups in total. The van der Waals surface area contributed by atoms with Crippen LogP contribution in [0.2, 0.25) is 0 Å². The lowest BCUT2D eigenvalue weighted by molar-refractivity contribution is -0.143. The van der Waals surface area contributed by atoms with Crippen molar-refractivity contribution in [3.05, 3.63) is 34.5 Å². The van der Waals surface area contributed by atoms with Gasteiger partial charge < -0.3 is 9.84 Å². The summed E-state index contributed by atoms with van der Waals surface area (Å²) in [7, 11) is 0. The molecule has 2 rings (SSSR count). The molecule has 2 aromatic heterocycles. The molecular weight excluding hydrogens is 436 g/mol. The van der Waals surface area contributed by atoms with E-state index in [1.54, 1.807) is 22.7 Å². The molecule has 0 aliphatic carbocycles. The van der Waals surface area contributed by atoms with Crippen LogP contribution in [0, 0.1) is 0 Å². The van der Waals surface area contributed by atoms with E-state index in [-0.39, 0.29) is 5.97 Å². The molecule has 32 heavy (non-hydrogen) atoms. The second kappa shape index (κ2) is 15.6. The molecule has 0 bridgehead atoms. The summed E-state index contributed by atoms with van der Waals surface area (Å²) in [5.74, 6) is -0.0839. The highest BCUT2D eigenvalue weighted by Gasteiger charge is 2.32. The van der Waals surface area contributed by atoms with Crippen LogP contribution in [0.15, 0.2) is 29.0 Å². The van der Waals surface area contributed by atoms with Gasteiger partial charge in [-0.15, -0.1) is 22.7 Å². The summed E-state index contributed by atoms with van der Waals surface area (Å²) in [4.78, 5) is 14.0. The Labute approximate surface area is 203 Å². The Kier molecular flexibility index (Phi) is 13.2. The van der Waals surface area contributed by atoms with E-state index < -0.39 is 5.60 Å². The first-order valence-electron chi connectivity index (χ1n) is 12.6. The minimum Gasteiger partial charge on any atom is -0.466 e. The Morgan fingerprint density at radius 3 is 2.16 bits per heavy atom. The van der Waals surface area contributed by atoms with E-state index >= 15 is 0 Å². The van der Waals surface area contributed by atoms with Crippen LogP contribution in [-0.4, -0.2) is 17.7 Å². The SMILES string of the molecule is CCCCCCCCC(O)(CCCCCCCC(=O)OCC)c1ccsc1-c1cccs1. The van der Waals surface area contributed by atoms with Crippen LogP contribution in [0.5, 0.6) is 0 Å². The predicted molar refractivity (Wildman–Crippen MR) is 138 cm³/mol. The number of hydrogen-bond acceptors (Lipinski definition) is 5. The zero-order valence-corrected chi connectivity index (χ0v) is 21.7. The van der Waals surface area contributed by atoms with Crippen LogP contribution in [0.25, 0.3) is 9.75 Å². The van der Waals surface area contributed by atoms with Crippen molar-refractivity contribution in [1.29, 1.82) is 0 Å². The monoisotopic (exact) mass is 478 g/mol. The number of carbonyl (C=O) groups is 1. The maximum atomic E-state index is 11.8. The van der Waals surface area contributed by atoms with Crippen LogP contribution in [0.4, 0.5) is 0 Å². The maximum absolute atomic E-state index is 11.8. The van der Waals surface area contributed by atoms with E-state index in [2.05, 4.69) is 35.9 Å². The molecule has 0 aliphatic heterocycles. The van der Waals surface area contributed by atoms with Crippen molar-refractivity contribution in [2.75, 3.05) is 6.61 Å². The van der Waals surface area contributed by atoms with Gasteiger partial charge in [0.1, 0.15) is 0 Å². The fourth-order valence-corrected chi connectivity index (χ4v) is 6.19. The van der Waals surface area contributed by atoms with Crippen LogP contribution in [0.3, 0.4) is 0 Å². The molecule has 2 heterocycles. The molecular formula is C27H42O3S2. The largest absolute Gasteiger partial charge is 0.466 e. The summed E-state index contributed by atoms with van der Waals surface area (Å²) in [6, 6.07) is 6.40. The molecule has 0 spiro atoms. The molecule has 0 saturated heterocycles. The van der Waals surface area contributed by atoms with Gasteiger partial charge in [0.2, 0.25) is 0 Å². The third-order valence-corrected chi connectivity index (χ3v) is 8.10. The minimum atomic E-state index is -0.741. The van der Waals surface area contributed by atoms with Crippen molar-refractivity contribution in [2.45, 2.75) is 109 Å². The van der Waals surface area contributed by atoms with E-state index in [1.165, 1.54) is 41.9 Å². The molecule has 5 heteroatoms. The summed E-state index contributed by atoms with van der Waals surface area (Å²) in [6.07, 6.45) is 14.8. The molecule has 0 fully saturated rings. The van der Waals surface area contributed by atoms with Crippen molar-refractivity contribution in [3.8, 4) is 9.75 Å². The standard InChI is InChI=1S/C27H42O3S2/c1-3-5-6-7-10-13-19-27(29,20-14-11-8-9-12-17-25(28)30-4-2)23-18-22-32-26(23)24-16-15-21-31-24/h15-16,18,21-22,29H,3-14,17,19-20H2,1-2H3. The van der Waals surface area contributed by atoms with E-state index in [9.17, 15) is 9.90 Å². The number of hydrogen-bond donors (Lipinski definition) is 1. The second-order valence-electron chi connectivity index (χ2n) is 8.76. The Hall–Kier alpha value is -1.17. The molecule has 0 radical (unpaired) electrons. The third kappa shape index (κ3) is 9.36. The van der Waals surface area contributed by atoms with Gasteiger partial charge in [-0.3, -0.25) is 4.79 Å². The first-order chi connectivity index (χ1) is 15.6. The summed E-state index contributed by atoms with van der Waals surface area (Å²) in [5.41, 5.74) is 0.385. The highest BCUT2D eigenvalue weighted by molar-refractivity contribution is 7.20. The lowest BCUT2D eigenvalue weighted by Crippen LogP contribution is -2.26. The third-order valence-electron chi connectivity index (χ3n) is 6.13. The van der Waals surface area contributed by atoms with E-state index in [4.69, 9.17) is 4.74 Å². The fraction of sp³-hybridized carbons (Fsp3) is 0.667. The van der Waals surface area contributed by atoms with Gasteiger partial charge in [-0.1, -0.05) is 77.2 Å². The number of ether oxygens (including phenoxy) is 1. The van der Waals surface area contributed by atoms with Crippen LogP contribution in [-0.2, 0) is 15.1 Å². The van der Waals surface area contributed by atoms with Gasteiger partial charge in [0.25, 0.3) is 0 Å². The first kappa shape index (κ1) is 27.1.